The minimum absolute atomic E-state index is 0.236. The fourth-order valence-corrected chi connectivity index (χ4v) is 1.11. The Morgan fingerprint density at radius 1 is 1.36 bits per heavy atom. The molecule has 14 heavy (non-hydrogen) atoms. The third-order valence-corrected chi connectivity index (χ3v) is 1.68. The summed E-state index contributed by atoms with van der Waals surface area (Å²) in [7, 11) is 1.16. The van der Waals surface area contributed by atoms with Crippen molar-refractivity contribution in [2.45, 2.75) is 12.2 Å². The number of halogens is 4. The summed E-state index contributed by atoms with van der Waals surface area (Å²) in [5, 5.41) is 2.05. The van der Waals surface area contributed by atoms with Crippen molar-refractivity contribution in [1.82, 2.24) is 10.3 Å². The lowest BCUT2D eigenvalue weighted by atomic mass is 10.1. The van der Waals surface area contributed by atoms with Crippen LogP contribution < -0.4 is 5.32 Å². The van der Waals surface area contributed by atoms with Crippen molar-refractivity contribution in [2.75, 3.05) is 7.05 Å². The Labute approximate surface area is 78.0 Å². The molecule has 0 aliphatic carbocycles. The minimum Gasteiger partial charge on any atom is -0.305 e. The number of rotatable bonds is 2. The number of alkyl halides is 3. The maximum absolute atomic E-state index is 12.6. The number of hydrogen-bond donors (Lipinski definition) is 1. The molecule has 1 N–H and O–H groups in total. The molecule has 0 saturated heterocycles. The first kappa shape index (κ1) is 10.9. The lowest BCUT2D eigenvalue weighted by molar-refractivity contribution is -0.156. The monoisotopic (exact) mass is 208 g/mol. The van der Waals surface area contributed by atoms with Gasteiger partial charge in [-0.2, -0.15) is 13.2 Å². The van der Waals surface area contributed by atoms with Gasteiger partial charge in [-0.05, 0) is 18.7 Å². The molecule has 0 aliphatic rings. The molecule has 1 unspecified atom stereocenters. The molecule has 2 nitrogen and oxygen atoms in total. The third-order valence-electron chi connectivity index (χ3n) is 1.68. The van der Waals surface area contributed by atoms with Crippen LogP contribution in [-0.4, -0.2) is 18.2 Å². The molecule has 1 rings (SSSR count). The average molecular weight is 208 g/mol. The largest absolute Gasteiger partial charge is 0.407 e. The zero-order chi connectivity index (χ0) is 10.8. The molecule has 0 amide bonds. The zero-order valence-corrected chi connectivity index (χ0v) is 7.27. The van der Waals surface area contributed by atoms with E-state index in [9.17, 15) is 17.6 Å². The van der Waals surface area contributed by atoms with Crippen molar-refractivity contribution in [3.8, 4) is 0 Å². The van der Waals surface area contributed by atoms with Gasteiger partial charge < -0.3 is 5.32 Å². The van der Waals surface area contributed by atoms with E-state index in [1.807, 2.05) is 0 Å². The molecule has 0 fully saturated rings. The van der Waals surface area contributed by atoms with Crippen LogP contribution in [0.1, 0.15) is 11.6 Å². The van der Waals surface area contributed by atoms with E-state index in [-0.39, 0.29) is 5.56 Å². The van der Waals surface area contributed by atoms with Crippen LogP contribution in [0.2, 0.25) is 0 Å². The van der Waals surface area contributed by atoms with Gasteiger partial charge in [-0.3, -0.25) is 4.98 Å². The fraction of sp³-hybridized carbons (Fsp3) is 0.375. The van der Waals surface area contributed by atoms with Crippen molar-refractivity contribution in [3.05, 3.63) is 29.8 Å². The summed E-state index contributed by atoms with van der Waals surface area (Å²) in [6.07, 6.45) is -2.62. The summed E-state index contributed by atoms with van der Waals surface area (Å²) >= 11 is 0. The molecule has 0 bridgehead atoms. The Morgan fingerprint density at radius 3 is 2.43 bits per heavy atom. The number of pyridine rings is 1. The van der Waals surface area contributed by atoms with Crippen LogP contribution in [0.4, 0.5) is 17.6 Å². The highest BCUT2D eigenvalue weighted by Crippen LogP contribution is 2.31. The van der Waals surface area contributed by atoms with E-state index in [4.69, 9.17) is 0 Å². The molecule has 6 heteroatoms. The lowest BCUT2D eigenvalue weighted by Gasteiger charge is -2.19. The summed E-state index contributed by atoms with van der Waals surface area (Å²) in [6, 6.07) is -1.08. The molecule has 1 atom stereocenters. The van der Waals surface area contributed by atoms with Gasteiger partial charge in [0.25, 0.3) is 0 Å². The predicted molar refractivity (Wildman–Crippen MR) is 42.1 cm³/mol. The van der Waals surface area contributed by atoms with E-state index >= 15 is 0 Å². The molecule has 0 aliphatic heterocycles. The number of aromatic nitrogens is 1. The van der Waals surface area contributed by atoms with Crippen LogP contribution in [0.5, 0.6) is 0 Å². The Hall–Kier alpha value is -1.17. The van der Waals surface area contributed by atoms with E-state index in [1.165, 1.54) is 0 Å². The normalized spacial score (nSPS) is 14.1. The number of nitrogens with zero attached hydrogens (tertiary/aromatic N) is 1. The maximum Gasteiger partial charge on any atom is 0.407 e. The van der Waals surface area contributed by atoms with Crippen molar-refractivity contribution in [2.24, 2.45) is 0 Å². The lowest BCUT2D eigenvalue weighted by Crippen LogP contribution is -2.31. The van der Waals surface area contributed by atoms with Crippen LogP contribution in [0.15, 0.2) is 18.5 Å². The SMILES string of the molecule is CNC(c1cncc(F)c1)C(F)(F)F. The second-order valence-electron chi connectivity index (χ2n) is 2.70. The predicted octanol–water partition coefficient (Wildman–Crippen LogP) is 2.04. The molecule has 1 aromatic heterocycles. The smallest absolute Gasteiger partial charge is 0.305 e. The first-order chi connectivity index (χ1) is 6.45. The summed E-state index contributed by atoms with van der Waals surface area (Å²) < 4.78 is 49.6. The van der Waals surface area contributed by atoms with E-state index in [0.29, 0.717) is 0 Å². The Kier molecular flexibility index (Phi) is 3.05. The van der Waals surface area contributed by atoms with E-state index in [2.05, 4.69) is 10.3 Å². The second-order valence-corrected chi connectivity index (χ2v) is 2.70. The summed E-state index contributed by atoms with van der Waals surface area (Å²) in [4.78, 5) is 3.35. The summed E-state index contributed by atoms with van der Waals surface area (Å²) in [6.45, 7) is 0. The number of nitrogens with one attached hydrogen (secondary N) is 1. The van der Waals surface area contributed by atoms with E-state index < -0.39 is 18.0 Å². The molecular formula is C8H8F4N2. The summed E-state index contributed by atoms with van der Waals surface area (Å²) in [5.41, 5.74) is -0.236. The summed E-state index contributed by atoms with van der Waals surface area (Å²) in [5.74, 6) is -0.785. The van der Waals surface area contributed by atoms with Gasteiger partial charge in [-0.15, -0.1) is 0 Å². The van der Waals surface area contributed by atoms with Crippen LogP contribution in [-0.2, 0) is 0 Å². The van der Waals surface area contributed by atoms with Crippen LogP contribution in [0, 0.1) is 5.82 Å². The molecule has 1 heterocycles. The molecule has 0 radical (unpaired) electrons. The Morgan fingerprint density at radius 2 is 2.00 bits per heavy atom. The van der Waals surface area contributed by atoms with Gasteiger partial charge in [0.05, 0.1) is 6.20 Å². The molecule has 1 aromatic rings. The topological polar surface area (TPSA) is 24.9 Å². The fourth-order valence-electron chi connectivity index (χ4n) is 1.11. The maximum atomic E-state index is 12.6. The molecule has 0 spiro atoms. The van der Waals surface area contributed by atoms with Crippen LogP contribution >= 0.6 is 0 Å². The van der Waals surface area contributed by atoms with Crippen LogP contribution in [0.25, 0.3) is 0 Å². The first-order valence-electron chi connectivity index (χ1n) is 3.79. The zero-order valence-electron chi connectivity index (χ0n) is 7.27. The van der Waals surface area contributed by atoms with Gasteiger partial charge in [-0.25, -0.2) is 4.39 Å². The highest BCUT2D eigenvalue weighted by Gasteiger charge is 2.39. The first-order valence-corrected chi connectivity index (χ1v) is 3.79. The van der Waals surface area contributed by atoms with Crippen LogP contribution in [0.3, 0.4) is 0 Å². The highest BCUT2D eigenvalue weighted by atomic mass is 19.4. The minimum atomic E-state index is -4.45. The molecule has 0 saturated carbocycles. The van der Waals surface area contributed by atoms with Crippen molar-refractivity contribution >= 4 is 0 Å². The van der Waals surface area contributed by atoms with Crippen molar-refractivity contribution < 1.29 is 17.6 Å². The number of hydrogen-bond acceptors (Lipinski definition) is 2. The van der Waals surface area contributed by atoms with Crippen molar-refractivity contribution in [1.29, 1.82) is 0 Å². The average Bonchev–Trinajstić information content (AvgIpc) is 2.02. The third kappa shape index (κ3) is 2.41. The van der Waals surface area contributed by atoms with Gasteiger partial charge in [0, 0.05) is 6.20 Å². The van der Waals surface area contributed by atoms with Gasteiger partial charge >= 0.3 is 6.18 Å². The van der Waals surface area contributed by atoms with E-state index in [0.717, 1.165) is 25.5 Å². The second kappa shape index (κ2) is 3.91. The van der Waals surface area contributed by atoms with Gasteiger partial charge in [0.2, 0.25) is 0 Å². The molecule has 0 aromatic carbocycles. The van der Waals surface area contributed by atoms with Crippen molar-refractivity contribution in [3.63, 3.8) is 0 Å². The standard InChI is InChI=1S/C8H8F4N2/c1-13-7(8(10,11)12)5-2-6(9)4-14-3-5/h2-4,7,13H,1H3. The Bertz CT molecular complexity index is 310. The van der Waals surface area contributed by atoms with Gasteiger partial charge in [-0.1, -0.05) is 0 Å². The quantitative estimate of drug-likeness (QED) is 0.752. The molecule has 78 valence electrons. The van der Waals surface area contributed by atoms with Gasteiger partial charge in [0.1, 0.15) is 11.9 Å². The van der Waals surface area contributed by atoms with E-state index in [1.54, 1.807) is 0 Å². The van der Waals surface area contributed by atoms with Gasteiger partial charge in [0.15, 0.2) is 0 Å². The Balaban J connectivity index is 3.01. The molecular weight excluding hydrogens is 200 g/mol. The highest BCUT2D eigenvalue weighted by molar-refractivity contribution is 5.16.